The Balaban J connectivity index is 1.95. The second-order valence-corrected chi connectivity index (χ2v) is 4.68. The Labute approximate surface area is 101 Å². The molecule has 2 aromatic rings. The Morgan fingerprint density at radius 2 is 1.88 bits per heavy atom. The summed E-state index contributed by atoms with van der Waals surface area (Å²) < 4.78 is 5.76. The molecule has 88 valence electrons. The number of aromatic nitrogens is 1. The first-order valence-corrected chi connectivity index (χ1v) is 5.99. The Hall–Kier alpha value is -1.61. The average molecular weight is 228 g/mol. The van der Waals surface area contributed by atoms with Gasteiger partial charge in [0.1, 0.15) is 5.76 Å². The van der Waals surface area contributed by atoms with E-state index in [4.69, 9.17) is 4.42 Å². The highest BCUT2D eigenvalue weighted by Gasteiger charge is 2.25. The van der Waals surface area contributed by atoms with Gasteiger partial charge in [-0.1, -0.05) is 17.7 Å². The van der Waals surface area contributed by atoms with Crippen LogP contribution in [0.2, 0.25) is 0 Å². The summed E-state index contributed by atoms with van der Waals surface area (Å²) in [5.41, 5.74) is 3.41. The molecule has 17 heavy (non-hydrogen) atoms. The molecule has 3 rings (SSSR count). The van der Waals surface area contributed by atoms with Crippen LogP contribution in [0.3, 0.4) is 0 Å². The normalized spacial score (nSPS) is 15.9. The monoisotopic (exact) mass is 228 g/mol. The van der Waals surface area contributed by atoms with Gasteiger partial charge in [0, 0.05) is 24.6 Å². The zero-order valence-electron chi connectivity index (χ0n) is 10.2. The second-order valence-electron chi connectivity index (χ2n) is 4.68. The van der Waals surface area contributed by atoms with Gasteiger partial charge in [-0.05, 0) is 26.0 Å². The van der Waals surface area contributed by atoms with Gasteiger partial charge < -0.3 is 9.73 Å². The highest BCUT2D eigenvalue weighted by molar-refractivity contribution is 5.54. The first-order chi connectivity index (χ1) is 8.24. The first-order valence-electron chi connectivity index (χ1n) is 5.99. The molecule has 0 saturated carbocycles. The van der Waals surface area contributed by atoms with Crippen molar-refractivity contribution < 1.29 is 4.42 Å². The topological polar surface area (TPSA) is 38.1 Å². The maximum atomic E-state index is 5.76. The van der Waals surface area contributed by atoms with Crippen LogP contribution < -0.4 is 5.32 Å². The zero-order chi connectivity index (χ0) is 11.8. The van der Waals surface area contributed by atoms with Crippen molar-refractivity contribution in [2.45, 2.75) is 19.8 Å². The van der Waals surface area contributed by atoms with Gasteiger partial charge in [-0.2, -0.15) is 0 Å². The van der Waals surface area contributed by atoms with Gasteiger partial charge in [-0.25, -0.2) is 4.98 Å². The van der Waals surface area contributed by atoms with Crippen LogP contribution in [0, 0.1) is 13.8 Å². The Bertz CT molecular complexity index is 524. The number of hydrogen-bond acceptors (Lipinski definition) is 3. The number of benzene rings is 1. The van der Waals surface area contributed by atoms with E-state index in [0.29, 0.717) is 5.92 Å². The van der Waals surface area contributed by atoms with Gasteiger partial charge in [-0.15, -0.1) is 0 Å². The van der Waals surface area contributed by atoms with Crippen molar-refractivity contribution in [3.8, 4) is 11.5 Å². The van der Waals surface area contributed by atoms with E-state index in [0.717, 1.165) is 36.0 Å². The van der Waals surface area contributed by atoms with Crippen molar-refractivity contribution in [2.75, 3.05) is 13.1 Å². The molecule has 0 unspecified atom stereocenters. The fourth-order valence-corrected chi connectivity index (χ4v) is 2.09. The van der Waals surface area contributed by atoms with Gasteiger partial charge >= 0.3 is 0 Å². The van der Waals surface area contributed by atoms with Gasteiger partial charge in [0.05, 0.1) is 5.69 Å². The third kappa shape index (κ3) is 1.87. The molecule has 1 saturated heterocycles. The molecule has 1 aromatic heterocycles. The van der Waals surface area contributed by atoms with Crippen LogP contribution in [0.25, 0.3) is 11.5 Å². The second kappa shape index (κ2) is 4.00. The predicted octanol–water partition coefficient (Wildman–Crippen LogP) is 2.65. The van der Waals surface area contributed by atoms with Gasteiger partial charge in [0.15, 0.2) is 0 Å². The average Bonchev–Trinajstić information content (AvgIpc) is 2.60. The number of oxazole rings is 1. The van der Waals surface area contributed by atoms with Crippen molar-refractivity contribution in [1.29, 1.82) is 0 Å². The molecule has 1 fully saturated rings. The molecule has 1 N–H and O–H groups in total. The zero-order valence-corrected chi connectivity index (χ0v) is 10.2. The molecular weight excluding hydrogens is 212 g/mol. The quantitative estimate of drug-likeness (QED) is 0.858. The van der Waals surface area contributed by atoms with Crippen molar-refractivity contribution in [1.82, 2.24) is 10.3 Å². The van der Waals surface area contributed by atoms with Gasteiger partial charge in [0.25, 0.3) is 0 Å². The first kappa shape index (κ1) is 10.5. The lowest BCUT2D eigenvalue weighted by Gasteiger charge is -2.25. The van der Waals surface area contributed by atoms with Crippen LogP contribution in [0.1, 0.15) is 22.9 Å². The fraction of sp³-hybridized carbons (Fsp3) is 0.357. The van der Waals surface area contributed by atoms with E-state index in [2.05, 4.69) is 41.5 Å². The summed E-state index contributed by atoms with van der Waals surface area (Å²) in [6.07, 6.45) is 0. The molecule has 1 aromatic carbocycles. The number of rotatable bonds is 2. The van der Waals surface area contributed by atoms with Crippen LogP contribution in [0.4, 0.5) is 0 Å². The van der Waals surface area contributed by atoms with E-state index in [1.165, 1.54) is 5.56 Å². The molecule has 0 amide bonds. The minimum atomic E-state index is 0.526. The molecule has 3 nitrogen and oxygen atoms in total. The van der Waals surface area contributed by atoms with Crippen LogP contribution in [-0.2, 0) is 0 Å². The van der Waals surface area contributed by atoms with Crippen LogP contribution >= 0.6 is 0 Å². The summed E-state index contributed by atoms with van der Waals surface area (Å²) in [5.74, 6) is 2.22. The molecular formula is C14H16N2O. The van der Waals surface area contributed by atoms with E-state index >= 15 is 0 Å². The molecule has 3 heteroatoms. The predicted molar refractivity (Wildman–Crippen MR) is 67.0 cm³/mol. The molecule has 2 heterocycles. The Kier molecular flexibility index (Phi) is 2.48. The van der Waals surface area contributed by atoms with Gasteiger partial charge in [0.2, 0.25) is 5.89 Å². The summed E-state index contributed by atoms with van der Waals surface area (Å²) in [5, 5.41) is 3.26. The van der Waals surface area contributed by atoms with E-state index in [9.17, 15) is 0 Å². The number of nitrogens with one attached hydrogen (secondary N) is 1. The fourth-order valence-electron chi connectivity index (χ4n) is 2.09. The standard InChI is InChI=1S/C14H16N2O/c1-9-3-5-11(6-4-9)14-16-13(10(2)17-14)12-7-15-8-12/h3-6,12,15H,7-8H2,1-2H3. The lowest BCUT2D eigenvalue weighted by molar-refractivity contribution is 0.433. The minimum Gasteiger partial charge on any atom is -0.441 e. The number of aryl methyl sites for hydroxylation is 2. The lowest BCUT2D eigenvalue weighted by atomic mass is 9.98. The van der Waals surface area contributed by atoms with Crippen molar-refractivity contribution >= 4 is 0 Å². The molecule has 1 aliphatic rings. The van der Waals surface area contributed by atoms with Crippen molar-refractivity contribution in [2.24, 2.45) is 0 Å². The largest absolute Gasteiger partial charge is 0.441 e. The summed E-state index contributed by atoms with van der Waals surface area (Å²) >= 11 is 0. The van der Waals surface area contributed by atoms with Gasteiger partial charge in [-0.3, -0.25) is 0 Å². The van der Waals surface area contributed by atoms with Crippen LogP contribution in [0.15, 0.2) is 28.7 Å². The van der Waals surface area contributed by atoms with Crippen molar-refractivity contribution in [3.63, 3.8) is 0 Å². The summed E-state index contributed by atoms with van der Waals surface area (Å²) in [6, 6.07) is 8.28. The Morgan fingerprint density at radius 3 is 2.47 bits per heavy atom. The summed E-state index contributed by atoms with van der Waals surface area (Å²) in [7, 11) is 0. The maximum Gasteiger partial charge on any atom is 0.226 e. The van der Waals surface area contributed by atoms with E-state index in [1.807, 2.05) is 6.92 Å². The van der Waals surface area contributed by atoms with E-state index in [-0.39, 0.29) is 0 Å². The minimum absolute atomic E-state index is 0.526. The highest BCUT2D eigenvalue weighted by Crippen LogP contribution is 2.28. The highest BCUT2D eigenvalue weighted by atomic mass is 16.4. The smallest absolute Gasteiger partial charge is 0.226 e. The van der Waals surface area contributed by atoms with E-state index < -0.39 is 0 Å². The molecule has 1 aliphatic heterocycles. The molecule has 0 atom stereocenters. The SMILES string of the molecule is Cc1ccc(-c2nc(C3CNC3)c(C)o2)cc1. The number of nitrogens with zero attached hydrogens (tertiary/aromatic N) is 1. The van der Waals surface area contributed by atoms with Crippen LogP contribution in [-0.4, -0.2) is 18.1 Å². The number of hydrogen-bond donors (Lipinski definition) is 1. The molecule has 0 aliphatic carbocycles. The van der Waals surface area contributed by atoms with Crippen LogP contribution in [0.5, 0.6) is 0 Å². The summed E-state index contributed by atoms with van der Waals surface area (Å²) in [4.78, 5) is 4.63. The maximum absolute atomic E-state index is 5.76. The third-order valence-electron chi connectivity index (χ3n) is 3.30. The Morgan fingerprint density at radius 1 is 1.18 bits per heavy atom. The summed E-state index contributed by atoms with van der Waals surface area (Å²) in [6.45, 7) is 6.11. The van der Waals surface area contributed by atoms with Crippen molar-refractivity contribution in [3.05, 3.63) is 41.3 Å². The molecule has 0 radical (unpaired) electrons. The van der Waals surface area contributed by atoms with E-state index in [1.54, 1.807) is 0 Å². The molecule has 0 bridgehead atoms. The molecule has 0 spiro atoms. The third-order valence-corrected chi connectivity index (χ3v) is 3.30. The lowest BCUT2D eigenvalue weighted by Crippen LogP contribution is -2.40.